The molecular formula is C11H15FN2O3. The monoisotopic (exact) mass is 242 g/mol. The zero-order valence-corrected chi connectivity index (χ0v) is 9.40. The van der Waals surface area contributed by atoms with Gasteiger partial charge in [0, 0.05) is 5.56 Å². The average molecular weight is 242 g/mol. The molecule has 0 aromatic heterocycles. The van der Waals surface area contributed by atoms with E-state index in [1.165, 1.54) is 19.1 Å². The molecule has 0 aliphatic carbocycles. The van der Waals surface area contributed by atoms with Gasteiger partial charge in [0.25, 0.3) is 5.91 Å². The Bertz CT molecular complexity index is 419. The van der Waals surface area contributed by atoms with Crippen LogP contribution in [-0.4, -0.2) is 34.9 Å². The van der Waals surface area contributed by atoms with Gasteiger partial charge in [0.05, 0.1) is 24.4 Å². The largest absolute Gasteiger partial charge is 0.396 e. The number of amides is 1. The van der Waals surface area contributed by atoms with E-state index in [4.69, 9.17) is 15.9 Å². The molecule has 0 fully saturated rings. The summed E-state index contributed by atoms with van der Waals surface area (Å²) in [6.07, 6.45) is 0. The number of hydrogen-bond acceptors (Lipinski definition) is 4. The lowest BCUT2D eigenvalue weighted by Gasteiger charge is -2.26. The highest BCUT2D eigenvalue weighted by Crippen LogP contribution is 2.13. The maximum atomic E-state index is 12.9. The minimum atomic E-state index is -1.12. The topological polar surface area (TPSA) is 95.6 Å². The number of carbonyl (C=O) groups is 1. The first kappa shape index (κ1) is 13.4. The Balaban J connectivity index is 2.86. The maximum absolute atomic E-state index is 12.9. The van der Waals surface area contributed by atoms with Crippen molar-refractivity contribution in [3.8, 4) is 0 Å². The van der Waals surface area contributed by atoms with E-state index in [0.29, 0.717) is 0 Å². The SMILES string of the molecule is CC(CO)(CO)NC(=O)c1ccc(F)c(N)c1. The van der Waals surface area contributed by atoms with E-state index in [9.17, 15) is 9.18 Å². The van der Waals surface area contributed by atoms with E-state index >= 15 is 0 Å². The fraction of sp³-hybridized carbons (Fsp3) is 0.364. The summed E-state index contributed by atoms with van der Waals surface area (Å²) in [5.41, 5.74) is 4.24. The van der Waals surface area contributed by atoms with Crippen molar-refractivity contribution < 1.29 is 19.4 Å². The molecular weight excluding hydrogens is 227 g/mol. The molecule has 94 valence electrons. The lowest BCUT2D eigenvalue weighted by molar-refractivity contribution is 0.0724. The van der Waals surface area contributed by atoms with Crippen molar-refractivity contribution in [2.24, 2.45) is 0 Å². The van der Waals surface area contributed by atoms with Crippen molar-refractivity contribution in [2.45, 2.75) is 12.5 Å². The number of anilines is 1. The summed E-state index contributed by atoms with van der Waals surface area (Å²) in [4.78, 5) is 11.7. The molecule has 5 nitrogen and oxygen atoms in total. The molecule has 0 saturated carbocycles. The lowest BCUT2D eigenvalue weighted by atomic mass is 10.0. The molecule has 5 N–H and O–H groups in total. The highest BCUT2D eigenvalue weighted by molar-refractivity contribution is 5.95. The molecule has 1 aromatic carbocycles. The zero-order valence-electron chi connectivity index (χ0n) is 9.40. The molecule has 0 radical (unpaired) electrons. The Morgan fingerprint density at radius 3 is 2.53 bits per heavy atom. The number of carbonyl (C=O) groups excluding carboxylic acids is 1. The molecule has 0 heterocycles. The second-order valence-electron chi connectivity index (χ2n) is 4.07. The number of nitrogen functional groups attached to an aromatic ring is 1. The molecule has 0 atom stereocenters. The van der Waals surface area contributed by atoms with Crippen LogP contribution in [0.1, 0.15) is 17.3 Å². The predicted octanol–water partition coefficient (Wildman–Crippen LogP) is -0.119. The summed E-state index contributed by atoms with van der Waals surface area (Å²) < 4.78 is 12.9. The fourth-order valence-electron chi connectivity index (χ4n) is 1.16. The fourth-order valence-corrected chi connectivity index (χ4v) is 1.16. The van der Waals surface area contributed by atoms with Crippen LogP contribution < -0.4 is 11.1 Å². The molecule has 0 saturated heterocycles. The number of nitrogens with two attached hydrogens (primary N) is 1. The number of nitrogens with one attached hydrogen (secondary N) is 1. The van der Waals surface area contributed by atoms with Crippen LogP contribution in [0.4, 0.5) is 10.1 Å². The summed E-state index contributed by atoms with van der Waals surface area (Å²) in [7, 11) is 0. The number of aliphatic hydroxyl groups excluding tert-OH is 2. The number of halogens is 1. The van der Waals surface area contributed by atoms with E-state index in [1.807, 2.05) is 0 Å². The van der Waals surface area contributed by atoms with Gasteiger partial charge in [-0.05, 0) is 25.1 Å². The van der Waals surface area contributed by atoms with Gasteiger partial charge < -0.3 is 21.3 Å². The summed E-state index contributed by atoms with van der Waals surface area (Å²) >= 11 is 0. The Morgan fingerprint density at radius 2 is 2.06 bits per heavy atom. The summed E-state index contributed by atoms with van der Waals surface area (Å²) in [5, 5.41) is 20.5. The quantitative estimate of drug-likeness (QED) is 0.553. The summed E-state index contributed by atoms with van der Waals surface area (Å²) in [6.45, 7) is 0.662. The Morgan fingerprint density at radius 1 is 1.47 bits per heavy atom. The third-order valence-corrected chi connectivity index (χ3v) is 2.37. The molecule has 1 aromatic rings. The standard InChI is InChI=1S/C11H15FN2O3/c1-11(5-15,6-16)14-10(17)7-2-3-8(12)9(13)4-7/h2-4,15-16H,5-6,13H2,1H3,(H,14,17). The van der Waals surface area contributed by atoms with Gasteiger partial charge in [-0.25, -0.2) is 4.39 Å². The predicted molar refractivity (Wildman–Crippen MR) is 60.9 cm³/mol. The van der Waals surface area contributed by atoms with Crippen LogP contribution in [0, 0.1) is 5.82 Å². The van der Waals surface area contributed by atoms with Crippen LogP contribution in [0.5, 0.6) is 0 Å². The minimum absolute atomic E-state index is 0.132. The Labute approximate surface area is 98.1 Å². The van der Waals surface area contributed by atoms with Crippen molar-refractivity contribution in [1.82, 2.24) is 5.32 Å². The van der Waals surface area contributed by atoms with Gasteiger partial charge in [0.2, 0.25) is 0 Å². The second kappa shape index (κ2) is 5.11. The molecule has 0 aliphatic rings. The van der Waals surface area contributed by atoms with Crippen molar-refractivity contribution in [3.63, 3.8) is 0 Å². The van der Waals surface area contributed by atoms with Crippen molar-refractivity contribution >= 4 is 11.6 Å². The summed E-state index contributed by atoms with van der Waals surface area (Å²) in [5.74, 6) is -1.14. The Hall–Kier alpha value is -1.66. The van der Waals surface area contributed by atoms with Gasteiger partial charge in [-0.3, -0.25) is 4.79 Å². The van der Waals surface area contributed by atoms with Crippen LogP contribution in [0.2, 0.25) is 0 Å². The highest BCUT2D eigenvalue weighted by Gasteiger charge is 2.25. The zero-order chi connectivity index (χ0) is 13.1. The van der Waals surface area contributed by atoms with Gasteiger partial charge in [0.15, 0.2) is 0 Å². The van der Waals surface area contributed by atoms with Gasteiger partial charge in [-0.15, -0.1) is 0 Å². The van der Waals surface area contributed by atoms with Crippen LogP contribution in [0.15, 0.2) is 18.2 Å². The number of rotatable bonds is 4. The van der Waals surface area contributed by atoms with E-state index < -0.39 is 30.5 Å². The van der Waals surface area contributed by atoms with Crippen molar-refractivity contribution in [3.05, 3.63) is 29.6 Å². The Kier molecular flexibility index (Phi) is 4.03. The van der Waals surface area contributed by atoms with Gasteiger partial charge >= 0.3 is 0 Å². The van der Waals surface area contributed by atoms with Crippen LogP contribution in [0.3, 0.4) is 0 Å². The molecule has 6 heteroatoms. The number of benzene rings is 1. The molecule has 1 rings (SSSR count). The van der Waals surface area contributed by atoms with Gasteiger partial charge in [-0.1, -0.05) is 0 Å². The first-order valence-electron chi connectivity index (χ1n) is 5.01. The maximum Gasteiger partial charge on any atom is 0.251 e. The number of hydrogen-bond donors (Lipinski definition) is 4. The smallest absolute Gasteiger partial charge is 0.251 e. The molecule has 1 amide bonds. The molecule has 0 unspecified atom stereocenters. The van der Waals surface area contributed by atoms with E-state index in [2.05, 4.69) is 5.32 Å². The highest BCUT2D eigenvalue weighted by atomic mass is 19.1. The van der Waals surface area contributed by atoms with E-state index in [1.54, 1.807) is 0 Å². The van der Waals surface area contributed by atoms with E-state index in [0.717, 1.165) is 6.07 Å². The van der Waals surface area contributed by atoms with Crippen LogP contribution >= 0.6 is 0 Å². The molecule has 0 bridgehead atoms. The molecule has 0 spiro atoms. The van der Waals surface area contributed by atoms with Crippen molar-refractivity contribution in [1.29, 1.82) is 0 Å². The van der Waals surface area contributed by atoms with Gasteiger partial charge in [-0.2, -0.15) is 0 Å². The average Bonchev–Trinajstić information content (AvgIpc) is 2.32. The number of aliphatic hydroxyl groups is 2. The third kappa shape index (κ3) is 3.15. The van der Waals surface area contributed by atoms with Crippen LogP contribution in [0.25, 0.3) is 0 Å². The first-order chi connectivity index (χ1) is 7.91. The molecule has 17 heavy (non-hydrogen) atoms. The van der Waals surface area contributed by atoms with Crippen LogP contribution in [-0.2, 0) is 0 Å². The minimum Gasteiger partial charge on any atom is -0.396 e. The van der Waals surface area contributed by atoms with E-state index in [-0.39, 0.29) is 11.3 Å². The van der Waals surface area contributed by atoms with Gasteiger partial charge in [0.1, 0.15) is 5.82 Å². The third-order valence-electron chi connectivity index (χ3n) is 2.37. The second-order valence-corrected chi connectivity index (χ2v) is 4.07. The molecule has 0 aliphatic heterocycles. The lowest BCUT2D eigenvalue weighted by Crippen LogP contribution is -2.51. The summed E-state index contributed by atoms with van der Waals surface area (Å²) in [6, 6.07) is 3.55. The van der Waals surface area contributed by atoms with Crippen molar-refractivity contribution in [2.75, 3.05) is 18.9 Å². The normalized spacial score (nSPS) is 11.3. The first-order valence-corrected chi connectivity index (χ1v) is 5.01.